The molecule has 0 saturated carbocycles. The number of hydrogen-bond donors (Lipinski definition) is 1. The molecule has 0 aliphatic rings. The topological polar surface area (TPSA) is 30.5 Å². The van der Waals surface area contributed by atoms with Crippen molar-refractivity contribution in [1.29, 1.82) is 0 Å². The van der Waals surface area contributed by atoms with Crippen LogP contribution in [-0.4, -0.2) is 33.9 Å². The van der Waals surface area contributed by atoms with Gasteiger partial charge in [0, 0.05) is 13.2 Å². The van der Waals surface area contributed by atoms with Gasteiger partial charge in [-0.05, 0) is 63.4 Å². The van der Waals surface area contributed by atoms with Gasteiger partial charge in [0.1, 0.15) is 5.75 Å². The van der Waals surface area contributed by atoms with E-state index in [1.807, 2.05) is 20.0 Å². The first-order valence-electron chi connectivity index (χ1n) is 7.15. The average molecular weight is 265 g/mol. The maximum absolute atomic E-state index is 5.41. The molecule has 0 fully saturated rings. The Balaban J connectivity index is 2.46. The summed E-state index contributed by atoms with van der Waals surface area (Å²) in [5.74, 6) is 1.59. The molecular formula is C16H27NO2. The molecule has 1 unspecified atom stereocenters. The van der Waals surface area contributed by atoms with Crippen LogP contribution in [-0.2, 0) is 11.2 Å². The largest absolute Gasteiger partial charge is 0.497 e. The fraction of sp³-hybridized carbons (Fsp3) is 0.625. The van der Waals surface area contributed by atoms with Crippen LogP contribution in [0.3, 0.4) is 0 Å². The monoisotopic (exact) mass is 265 g/mol. The quantitative estimate of drug-likeness (QED) is 0.660. The molecule has 0 aliphatic heterocycles. The van der Waals surface area contributed by atoms with Crippen LogP contribution in [0.5, 0.6) is 5.75 Å². The standard InChI is InChI=1S/C16H27NO2/c1-4-19-10-6-8-15(13-17-2)11-14-7-5-9-16(12-14)18-3/h5,7,9,12,15,17H,4,6,8,10-11,13H2,1-3H3. The second kappa shape index (κ2) is 9.82. The second-order valence-electron chi connectivity index (χ2n) is 4.82. The smallest absolute Gasteiger partial charge is 0.119 e. The third kappa shape index (κ3) is 6.60. The van der Waals surface area contributed by atoms with E-state index in [0.29, 0.717) is 5.92 Å². The molecule has 3 heteroatoms. The highest BCUT2D eigenvalue weighted by molar-refractivity contribution is 5.28. The summed E-state index contributed by atoms with van der Waals surface area (Å²) in [5.41, 5.74) is 1.34. The lowest BCUT2D eigenvalue weighted by atomic mass is 9.94. The molecule has 1 aromatic carbocycles. The van der Waals surface area contributed by atoms with Gasteiger partial charge in [-0.3, -0.25) is 0 Å². The zero-order chi connectivity index (χ0) is 13.9. The molecule has 1 rings (SSSR count). The zero-order valence-electron chi connectivity index (χ0n) is 12.4. The molecule has 0 aromatic heterocycles. The van der Waals surface area contributed by atoms with Crippen LogP contribution >= 0.6 is 0 Å². The van der Waals surface area contributed by atoms with Crippen molar-refractivity contribution in [3.05, 3.63) is 29.8 Å². The summed E-state index contributed by atoms with van der Waals surface area (Å²) in [6.45, 7) is 4.77. The highest BCUT2D eigenvalue weighted by atomic mass is 16.5. The molecule has 3 nitrogen and oxygen atoms in total. The van der Waals surface area contributed by atoms with Gasteiger partial charge in [0.25, 0.3) is 0 Å². The molecule has 19 heavy (non-hydrogen) atoms. The zero-order valence-corrected chi connectivity index (χ0v) is 12.4. The maximum atomic E-state index is 5.41. The van der Waals surface area contributed by atoms with Crippen molar-refractivity contribution in [2.75, 3.05) is 33.9 Å². The van der Waals surface area contributed by atoms with E-state index in [2.05, 4.69) is 23.5 Å². The lowest BCUT2D eigenvalue weighted by molar-refractivity contribution is 0.139. The fourth-order valence-corrected chi connectivity index (χ4v) is 2.32. The number of benzene rings is 1. The highest BCUT2D eigenvalue weighted by Gasteiger charge is 2.09. The minimum Gasteiger partial charge on any atom is -0.497 e. The summed E-state index contributed by atoms with van der Waals surface area (Å²) in [6.07, 6.45) is 3.41. The van der Waals surface area contributed by atoms with Crippen LogP contribution in [0.4, 0.5) is 0 Å². The van der Waals surface area contributed by atoms with Crippen LogP contribution in [0.1, 0.15) is 25.3 Å². The number of methoxy groups -OCH3 is 1. The number of ether oxygens (including phenoxy) is 2. The maximum Gasteiger partial charge on any atom is 0.119 e. The molecule has 0 heterocycles. The summed E-state index contributed by atoms with van der Waals surface area (Å²) in [6, 6.07) is 8.36. The van der Waals surface area contributed by atoms with Gasteiger partial charge in [-0.15, -0.1) is 0 Å². The molecule has 1 N–H and O–H groups in total. The summed E-state index contributed by atoms with van der Waals surface area (Å²) in [4.78, 5) is 0. The van der Waals surface area contributed by atoms with Crippen molar-refractivity contribution in [3.8, 4) is 5.75 Å². The van der Waals surface area contributed by atoms with Crippen LogP contribution < -0.4 is 10.1 Å². The summed E-state index contributed by atoms with van der Waals surface area (Å²) >= 11 is 0. The Bertz CT molecular complexity index is 341. The minimum atomic E-state index is 0.651. The molecule has 1 atom stereocenters. The van der Waals surface area contributed by atoms with Crippen LogP contribution in [0.25, 0.3) is 0 Å². The van der Waals surface area contributed by atoms with Crippen molar-refractivity contribution < 1.29 is 9.47 Å². The van der Waals surface area contributed by atoms with E-state index in [-0.39, 0.29) is 0 Å². The van der Waals surface area contributed by atoms with Crippen molar-refractivity contribution in [2.24, 2.45) is 5.92 Å². The lowest BCUT2D eigenvalue weighted by Crippen LogP contribution is -2.21. The van der Waals surface area contributed by atoms with E-state index >= 15 is 0 Å². The second-order valence-corrected chi connectivity index (χ2v) is 4.82. The summed E-state index contributed by atoms with van der Waals surface area (Å²) in [5, 5.41) is 3.29. The number of nitrogens with one attached hydrogen (secondary N) is 1. The predicted octanol–water partition coefficient (Wildman–Crippen LogP) is 2.89. The SMILES string of the molecule is CCOCCCC(CNC)Cc1cccc(OC)c1. The van der Waals surface area contributed by atoms with Crippen molar-refractivity contribution in [3.63, 3.8) is 0 Å². The van der Waals surface area contributed by atoms with Gasteiger partial charge in [0.15, 0.2) is 0 Å². The van der Waals surface area contributed by atoms with Crippen molar-refractivity contribution in [2.45, 2.75) is 26.2 Å². The first-order chi connectivity index (χ1) is 9.30. The van der Waals surface area contributed by atoms with Gasteiger partial charge < -0.3 is 14.8 Å². The molecule has 1 aromatic rings. The van der Waals surface area contributed by atoms with Crippen LogP contribution in [0.2, 0.25) is 0 Å². The van der Waals surface area contributed by atoms with Gasteiger partial charge in [-0.25, -0.2) is 0 Å². The van der Waals surface area contributed by atoms with E-state index in [9.17, 15) is 0 Å². The first kappa shape index (κ1) is 16.0. The van der Waals surface area contributed by atoms with Gasteiger partial charge in [-0.2, -0.15) is 0 Å². The van der Waals surface area contributed by atoms with Crippen molar-refractivity contribution in [1.82, 2.24) is 5.32 Å². The normalized spacial score (nSPS) is 12.4. The Morgan fingerprint density at radius 2 is 2.16 bits per heavy atom. The Kier molecular flexibility index (Phi) is 8.26. The van der Waals surface area contributed by atoms with E-state index in [0.717, 1.165) is 38.3 Å². The van der Waals surface area contributed by atoms with E-state index in [1.165, 1.54) is 12.0 Å². The Hall–Kier alpha value is -1.06. The van der Waals surface area contributed by atoms with Gasteiger partial charge in [0.2, 0.25) is 0 Å². The van der Waals surface area contributed by atoms with Crippen LogP contribution in [0.15, 0.2) is 24.3 Å². The molecule has 0 amide bonds. The van der Waals surface area contributed by atoms with Gasteiger partial charge in [-0.1, -0.05) is 12.1 Å². The Labute approximate surface area is 117 Å². The average Bonchev–Trinajstić information content (AvgIpc) is 2.44. The molecule has 0 bridgehead atoms. The van der Waals surface area contributed by atoms with Gasteiger partial charge in [0.05, 0.1) is 7.11 Å². The summed E-state index contributed by atoms with van der Waals surface area (Å²) < 4.78 is 10.7. The number of hydrogen-bond acceptors (Lipinski definition) is 3. The third-order valence-electron chi connectivity index (χ3n) is 3.26. The predicted molar refractivity (Wildman–Crippen MR) is 79.8 cm³/mol. The molecule has 108 valence electrons. The van der Waals surface area contributed by atoms with Crippen LogP contribution in [0, 0.1) is 5.92 Å². The molecular weight excluding hydrogens is 238 g/mol. The Morgan fingerprint density at radius 3 is 2.84 bits per heavy atom. The number of rotatable bonds is 10. The van der Waals surface area contributed by atoms with Gasteiger partial charge >= 0.3 is 0 Å². The highest BCUT2D eigenvalue weighted by Crippen LogP contribution is 2.18. The molecule has 0 spiro atoms. The minimum absolute atomic E-state index is 0.651. The molecule has 0 aliphatic carbocycles. The molecule has 0 saturated heterocycles. The Morgan fingerprint density at radius 1 is 1.32 bits per heavy atom. The first-order valence-corrected chi connectivity index (χ1v) is 7.15. The van der Waals surface area contributed by atoms with E-state index < -0.39 is 0 Å². The third-order valence-corrected chi connectivity index (χ3v) is 3.26. The van der Waals surface area contributed by atoms with Crippen molar-refractivity contribution >= 4 is 0 Å². The fourth-order valence-electron chi connectivity index (χ4n) is 2.32. The molecule has 0 radical (unpaired) electrons. The van der Waals surface area contributed by atoms with E-state index in [1.54, 1.807) is 7.11 Å². The summed E-state index contributed by atoms with van der Waals surface area (Å²) in [7, 11) is 3.73. The van der Waals surface area contributed by atoms with E-state index in [4.69, 9.17) is 9.47 Å². The lowest BCUT2D eigenvalue weighted by Gasteiger charge is -2.17.